The van der Waals surface area contributed by atoms with Crippen molar-refractivity contribution in [1.82, 2.24) is 14.7 Å². The molecular weight excluding hydrogens is 318 g/mol. The Morgan fingerprint density at radius 1 is 1.32 bits per heavy atom. The van der Waals surface area contributed by atoms with Gasteiger partial charge in [0.05, 0.1) is 6.61 Å². The number of esters is 1. The fraction of sp³-hybridized carbons (Fsp3) is 0.474. The molecule has 1 aromatic heterocycles. The van der Waals surface area contributed by atoms with Crippen molar-refractivity contribution in [2.45, 2.75) is 32.5 Å². The summed E-state index contributed by atoms with van der Waals surface area (Å²) in [7, 11) is 0. The van der Waals surface area contributed by atoms with Gasteiger partial charge in [0.15, 0.2) is 5.69 Å². The molecule has 25 heavy (non-hydrogen) atoms. The van der Waals surface area contributed by atoms with Gasteiger partial charge in [-0.3, -0.25) is 9.58 Å². The Morgan fingerprint density at radius 3 is 2.84 bits per heavy atom. The van der Waals surface area contributed by atoms with Crippen LogP contribution in [0.4, 0.5) is 0 Å². The first-order chi connectivity index (χ1) is 12.1. The van der Waals surface area contributed by atoms with Crippen LogP contribution in [0.25, 0.3) is 0 Å². The zero-order valence-corrected chi connectivity index (χ0v) is 14.8. The number of rotatable bonds is 6. The third-order valence-corrected chi connectivity index (χ3v) is 4.22. The van der Waals surface area contributed by atoms with Gasteiger partial charge in [-0.05, 0) is 25.5 Å². The summed E-state index contributed by atoms with van der Waals surface area (Å²) in [5.74, 6) is -0.400. The van der Waals surface area contributed by atoms with Crippen LogP contribution in [0, 0.1) is 0 Å². The topological polar surface area (TPSA) is 56.6 Å². The lowest BCUT2D eigenvalue weighted by atomic mass is 10.2. The second-order valence-corrected chi connectivity index (χ2v) is 6.59. The van der Waals surface area contributed by atoms with E-state index in [2.05, 4.69) is 22.1 Å². The summed E-state index contributed by atoms with van der Waals surface area (Å²) in [6.07, 6.45) is 1.69. The predicted octanol–water partition coefficient (Wildman–Crippen LogP) is 2.52. The van der Waals surface area contributed by atoms with Crippen molar-refractivity contribution in [3.8, 4) is 0 Å². The maximum atomic E-state index is 12.1. The molecule has 0 N–H and O–H groups in total. The minimum atomic E-state index is -0.400. The molecule has 1 fully saturated rings. The fourth-order valence-corrected chi connectivity index (χ4v) is 2.84. The van der Waals surface area contributed by atoms with Gasteiger partial charge in [0, 0.05) is 31.9 Å². The van der Waals surface area contributed by atoms with E-state index in [4.69, 9.17) is 9.47 Å². The summed E-state index contributed by atoms with van der Waals surface area (Å²) < 4.78 is 12.9. The summed E-state index contributed by atoms with van der Waals surface area (Å²) in [5.41, 5.74) is 1.62. The Kier molecular flexibility index (Phi) is 5.83. The van der Waals surface area contributed by atoms with E-state index in [0.717, 1.165) is 19.6 Å². The zero-order chi connectivity index (χ0) is 17.6. The Hall–Kier alpha value is -2.18. The molecule has 6 nitrogen and oxygen atoms in total. The van der Waals surface area contributed by atoms with Crippen molar-refractivity contribution < 1.29 is 14.3 Å². The largest absolute Gasteiger partial charge is 0.458 e. The first-order valence-corrected chi connectivity index (χ1v) is 8.72. The molecule has 0 amide bonds. The first kappa shape index (κ1) is 17.6. The summed E-state index contributed by atoms with van der Waals surface area (Å²) in [6.45, 7) is 7.45. The lowest BCUT2D eigenvalue weighted by Gasteiger charge is -2.32. The standard InChI is InChI=1S/C19H25N3O3/c1-15(2)22-9-8-18(20-22)19(23)25-14-17-13-21(10-11-24-17)12-16-6-4-3-5-7-16/h3-9,15,17H,10-14H2,1-2H3. The molecule has 1 unspecified atom stereocenters. The molecule has 1 saturated heterocycles. The van der Waals surface area contributed by atoms with Crippen LogP contribution in [0.5, 0.6) is 0 Å². The van der Waals surface area contributed by atoms with E-state index in [1.807, 2.05) is 32.0 Å². The van der Waals surface area contributed by atoms with Crippen LogP contribution in [0.1, 0.15) is 35.9 Å². The number of hydrogen-bond acceptors (Lipinski definition) is 5. The SMILES string of the molecule is CC(C)n1ccc(C(=O)OCC2CN(Cc3ccccc3)CCO2)n1. The van der Waals surface area contributed by atoms with Crippen LogP contribution in [-0.4, -0.2) is 53.1 Å². The van der Waals surface area contributed by atoms with Crippen LogP contribution in [-0.2, 0) is 16.0 Å². The number of hydrogen-bond donors (Lipinski definition) is 0. The number of nitrogens with zero attached hydrogens (tertiary/aromatic N) is 3. The summed E-state index contributed by atoms with van der Waals surface area (Å²) in [4.78, 5) is 14.5. The molecule has 0 radical (unpaired) electrons. The minimum absolute atomic E-state index is 0.103. The van der Waals surface area contributed by atoms with E-state index in [9.17, 15) is 4.79 Å². The Labute approximate surface area is 148 Å². The van der Waals surface area contributed by atoms with Gasteiger partial charge >= 0.3 is 5.97 Å². The predicted molar refractivity (Wildman–Crippen MR) is 94.4 cm³/mol. The number of ether oxygens (including phenoxy) is 2. The van der Waals surface area contributed by atoms with Crippen LogP contribution in [0.15, 0.2) is 42.6 Å². The monoisotopic (exact) mass is 343 g/mol. The molecule has 0 saturated carbocycles. The van der Waals surface area contributed by atoms with Crippen LogP contribution in [0.2, 0.25) is 0 Å². The zero-order valence-electron chi connectivity index (χ0n) is 14.8. The number of benzene rings is 1. The third-order valence-electron chi connectivity index (χ3n) is 4.22. The van der Waals surface area contributed by atoms with Crippen molar-refractivity contribution >= 4 is 5.97 Å². The van der Waals surface area contributed by atoms with E-state index < -0.39 is 5.97 Å². The molecule has 2 heterocycles. The molecule has 0 bridgehead atoms. The molecule has 134 valence electrons. The van der Waals surface area contributed by atoms with Gasteiger partial charge in [-0.2, -0.15) is 5.10 Å². The van der Waals surface area contributed by atoms with E-state index in [1.54, 1.807) is 16.9 Å². The Bertz CT molecular complexity index is 684. The third kappa shape index (κ3) is 4.90. The number of aromatic nitrogens is 2. The second-order valence-electron chi connectivity index (χ2n) is 6.59. The van der Waals surface area contributed by atoms with Gasteiger partial charge < -0.3 is 9.47 Å². The van der Waals surface area contributed by atoms with Gasteiger partial charge in [-0.15, -0.1) is 0 Å². The normalized spacial score (nSPS) is 18.4. The highest BCUT2D eigenvalue weighted by Crippen LogP contribution is 2.12. The quantitative estimate of drug-likeness (QED) is 0.755. The van der Waals surface area contributed by atoms with Gasteiger partial charge in [-0.25, -0.2) is 4.79 Å². The van der Waals surface area contributed by atoms with Crippen molar-refractivity contribution in [2.75, 3.05) is 26.3 Å². The van der Waals surface area contributed by atoms with Crippen molar-refractivity contribution in [3.05, 3.63) is 53.9 Å². The van der Waals surface area contributed by atoms with E-state index >= 15 is 0 Å². The van der Waals surface area contributed by atoms with Gasteiger partial charge in [0.25, 0.3) is 0 Å². The summed E-state index contributed by atoms with van der Waals surface area (Å²) in [6, 6.07) is 12.3. The highest BCUT2D eigenvalue weighted by molar-refractivity contribution is 5.87. The van der Waals surface area contributed by atoms with E-state index in [0.29, 0.717) is 12.3 Å². The molecule has 1 aliphatic heterocycles. The van der Waals surface area contributed by atoms with Crippen molar-refractivity contribution in [2.24, 2.45) is 0 Å². The average Bonchev–Trinajstić information content (AvgIpc) is 3.11. The number of morpholine rings is 1. The maximum Gasteiger partial charge on any atom is 0.358 e. The first-order valence-electron chi connectivity index (χ1n) is 8.72. The van der Waals surface area contributed by atoms with Crippen molar-refractivity contribution in [1.29, 1.82) is 0 Å². The number of carbonyl (C=O) groups excluding carboxylic acids is 1. The smallest absolute Gasteiger partial charge is 0.358 e. The molecule has 6 heteroatoms. The second kappa shape index (κ2) is 8.27. The molecule has 1 aromatic carbocycles. The summed E-state index contributed by atoms with van der Waals surface area (Å²) >= 11 is 0. The average molecular weight is 343 g/mol. The lowest BCUT2D eigenvalue weighted by molar-refractivity contribution is -0.0613. The highest BCUT2D eigenvalue weighted by atomic mass is 16.6. The minimum Gasteiger partial charge on any atom is -0.458 e. The van der Waals surface area contributed by atoms with E-state index in [-0.39, 0.29) is 18.8 Å². The molecule has 2 aromatic rings. The van der Waals surface area contributed by atoms with Crippen molar-refractivity contribution in [3.63, 3.8) is 0 Å². The fourth-order valence-electron chi connectivity index (χ4n) is 2.84. The maximum absolute atomic E-state index is 12.1. The molecular formula is C19H25N3O3. The molecule has 1 aliphatic rings. The molecule has 0 spiro atoms. The van der Waals surface area contributed by atoms with Crippen LogP contribution in [0.3, 0.4) is 0 Å². The summed E-state index contributed by atoms with van der Waals surface area (Å²) in [5, 5.41) is 4.24. The molecule has 3 rings (SSSR count). The van der Waals surface area contributed by atoms with Crippen LogP contribution >= 0.6 is 0 Å². The lowest BCUT2D eigenvalue weighted by Crippen LogP contribution is -2.44. The highest BCUT2D eigenvalue weighted by Gasteiger charge is 2.23. The van der Waals surface area contributed by atoms with Gasteiger partial charge in [0.2, 0.25) is 0 Å². The number of carbonyl (C=O) groups is 1. The van der Waals surface area contributed by atoms with Crippen LogP contribution < -0.4 is 0 Å². The van der Waals surface area contributed by atoms with E-state index in [1.165, 1.54) is 5.56 Å². The molecule has 1 atom stereocenters. The Morgan fingerprint density at radius 2 is 2.12 bits per heavy atom. The van der Waals surface area contributed by atoms with Gasteiger partial charge in [-0.1, -0.05) is 30.3 Å². The van der Waals surface area contributed by atoms with Gasteiger partial charge in [0.1, 0.15) is 12.7 Å². The Balaban J connectivity index is 1.48. The molecule has 0 aliphatic carbocycles.